The van der Waals surface area contributed by atoms with Gasteiger partial charge in [-0.2, -0.15) is 23.5 Å². The van der Waals surface area contributed by atoms with Crippen molar-refractivity contribution < 1.29 is 0 Å². The van der Waals surface area contributed by atoms with Crippen LogP contribution in [0.25, 0.3) is 0 Å². The van der Waals surface area contributed by atoms with E-state index in [-0.39, 0.29) is 0 Å². The van der Waals surface area contributed by atoms with Crippen LogP contribution in [0.3, 0.4) is 0 Å². The quantitative estimate of drug-likeness (QED) is 0.601. The first kappa shape index (κ1) is 13.7. The first-order valence-electron chi connectivity index (χ1n) is 4.99. The van der Waals surface area contributed by atoms with E-state index in [4.69, 9.17) is 0 Å². The maximum absolute atomic E-state index is 3.51. The molecule has 0 amide bonds. The largest absolute Gasteiger partial charge is 0.316 e. The lowest BCUT2D eigenvalue weighted by Crippen LogP contribution is -2.23. The van der Waals surface area contributed by atoms with Crippen molar-refractivity contribution in [2.24, 2.45) is 5.92 Å². The van der Waals surface area contributed by atoms with Crippen LogP contribution in [0.2, 0.25) is 0 Å². The van der Waals surface area contributed by atoms with Crippen molar-refractivity contribution in [2.75, 3.05) is 37.1 Å². The summed E-state index contributed by atoms with van der Waals surface area (Å²) in [5.41, 5.74) is 0. The zero-order valence-corrected chi connectivity index (χ0v) is 10.8. The van der Waals surface area contributed by atoms with Gasteiger partial charge in [0.15, 0.2) is 0 Å². The highest BCUT2D eigenvalue weighted by Gasteiger charge is 1.98. The first-order valence-corrected chi connectivity index (χ1v) is 7.78. The minimum atomic E-state index is 0.815. The molecule has 1 atom stereocenters. The summed E-state index contributed by atoms with van der Waals surface area (Å²) in [5.74, 6) is 3.40. The summed E-state index contributed by atoms with van der Waals surface area (Å²) in [7, 11) is 0. The van der Waals surface area contributed by atoms with Gasteiger partial charge < -0.3 is 5.32 Å². The molecular weight excluding hydrogens is 198 g/mol. The molecule has 0 spiro atoms. The highest BCUT2D eigenvalue weighted by molar-refractivity contribution is 7.98. The number of unbranched alkanes of at least 4 members (excludes halogenated alkanes) is 1. The lowest BCUT2D eigenvalue weighted by atomic mass is 10.2. The van der Waals surface area contributed by atoms with E-state index in [1.54, 1.807) is 0 Å². The predicted octanol–water partition coefficient (Wildman–Crippen LogP) is 2.72. The summed E-state index contributed by atoms with van der Waals surface area (Å²) in [5, 5.41) is 3.51. The Labute approximate surface area is 91.8 Å². The molecule has 1 unspecified atom stereocenters. The molecule has 0 heterocycles. The summed E-state index contributed by atoms with van der Waals surface area (Å²) < 4.78 is 0. The van der Waals surface area contributed by atoms with Crippen molar-refractivity contribution in [1.29, 1.82) is 0 Å². The molecule has 1 N–H and O–H groups in total. The van der Waals surface area contributed by atoms with Crippen molar-refractivity contribution in [3.63, 3.8) is 0 Å². The van der Waals surface area contributed by atoms with E-state index in [0.717, 1.165) is 5.92 Å². The summed E-state index contributed by atoms with van der Waals surface area (Å²) in [6.07, 6.45) is 7.03. The van der Waals surface area contributed by atoms with Crippen LogP contribution >= 0.6 is 23.5 Å². The van der Waals surface area contributed by atoms with Crippen LogP contribution in [-0.4, -0.2) is 37.1 Å². The van der Waals surface area contributed by atoms with E-state index in [1.165, 1.54) is 37.4 Å². The van der Waals surface area contributed by atoms with Gasteiger partial charge in [-0.05, 0) is 55.9 Å². The standard InChI is InChI=1S/C10H23NS2/c1-10(9-13-3)8-11-6-4-5-7-12-2/h10-11H,4-9H2,1-3H3. The normalized spacial score (nSPS) is 13.2. The van der Waals surface area contributed by atoms with Crippen LogP contribution in [0.5, 0.6) is 0 Å². The molecule has 0 saturated carbocycles. The summed E-state index contributed by atoms with van der Waals surface area (Å²) >= 11 is 3.88. The lowest BCUT2D eigenvalue weighted by molar-refractivity contribution is 0.547. The topological polar surface area (TPSA) is 12.0 Å². The van der Waals surface area contributed by atoms with Crippen molar-refractivity contribution in [2.45, 2.75) is 19.8 Å². The van der Waals surface area contributed by atoms with Gasteiger partial charge >= 0.3 is 0 Å². The second-order valence-corrected chi connectivity index (χ2v) is 5.36. The minimum Gasteiger partial charge on any atom is -0.316 e. The Bertz CT molecular complexity index is 98.9. The Hall–Kier alpha value is 0.660. The highest BCUT2D eigenvalue weighted by atomic mass is 32.2. The average molecular weight is 221 g/mol. The second-order valence-electron chi connectivity index (χ2n) is 3.46. The molecule has 0 aromatic heterocycles. The monoisotopic (exact) mass is 221 g/mol. The van der Waals surface area contributed by atoms with Crippen LogP contribution in [0.15, 0.2) is 0 Å². The van der Waals surface area contributed by atoms with E-state index < -0.39 is 0 Å². The molecule has 0 aliphatic carbocycles. The summed E-state index contributed by atoms with van der Waals surface area (Å²) in [6, 6.07) is 0. The maximum Gasteiger partial charge on any atom is -0.00153 e. The fourth-order valence-electron chi connectivity index (χ4n) is 1.19. The van der Waals surface area contributed by atoms with Crippen molar-refractivity contribution in [3.05, 3.63) is 0 Å². The Balaban J connectivity index is 2.97. The van der Waals surface area contributed by atoms with Crippen LogP contribution < -0.4 is 5.32 Å². The molecule has 0 aromatic carbocycles. The smallest absolute Gasteiger partial charge is 0.00153 e. The Kier molecular flexibility index (Phi) is 11.3. The molecule has 80 valence electrons. The van der Waals surface area contributed by atoms with Crippen LogP contribution in [-0.2, 0) is 0 Å². The molecular formula is C10H23NS2. The van der Waals surface area contributed by atoms with Gasteiger partial charge in [-0.25, -0.2) is 0 Å². The average Bonchev–Trinajstić information content (AvgIpc) is 2.11. The first-order chi connectivity index (χ1) is 6.31. The molecule has 0 saturated heterocycles. The molecule has 3 heteroatoms. The van der Waals surface area contributed by atoms with Gasteiger partial charge in [0.05, 0.1) is 0 Å². The third-order valence-corrected chi connectivity index (χ3v) is 3.50. The fourth-order valence-corrected chi connectivity index (χ4v) is 2.37. The van der Waals surface area contributed by atoms with E-state index >= 15 is 0 Å². The molecule has 1 nitrogen and oxygen atoms in total. The van der Waals surface area contributed by atoms with Gasteiger partial charge in [0, 0.05) is 0 Å². The SMILES string of the molecule is CSCCCCNCC(C)CSC. The number of thioether (sulfide) groups is 2. The third kappa shape index (κ3) is 10.6. The number of hydrogen-bond acceptors (Lipinski definition) is 3. The fraction of sp³-hybridized carbons (Fsp3) is 1.00. The number of hydrogen-bond donors (Lipinski definition) is 1. The van der Waals surface area contributed by atoms with Crippen molar-refractivity contribution in [3.8, 4) is 0 Å². The van der Waals surface area contributed by atoms with E-state index in [0.29, 0.717) is 0 Å². The van der Waals surface area contributed by atoms with Crippen molar-refractivity contribution >= 4 is 23.5 Å². The second kappa shape index (κ2) is 10.7. The van der Waals surface area contributed by atoms with Gasteiger partial charge in [-0.1, -0.05) is 6.92 Å². The van der Waals surface area contributed by atoms with Crippen molar-refractivity contribution in [1.82, 2.24) is 5.32 Å². The molecule has 0 fully saturated rings. The van der Waals surface area contributed by atoms with E-state index in [1.807, 2.05) is 23.5 Å². The number of rotatable bonds is 9. The van der Waals surface area contributed by atoms with Gasteiger partial charge in [-0.15, -0.1) is 0 Å². The molecule has 0 radical (unpaired) electrons. The van der Waals surface area contributed by atoms with E-state index in [9.17, 15) is 0 Å². The summed E-state index contributed by atoms with van der Waals surface area (Å²) in [4.78, 5) is 0. The molecule has 0 aromatic rings. The maximum atomic E-state index is 3.51. The Morgan fingerprint density at radius 3 is 2.54 bits per heavy atom. The van der Waals surface area contributed by atoms with Gasteiger partial charge in [0.1, 0.15) is 0 Å². The lowest BCUT2D eigenvalue weighted by Gasteiger charge is -2.10. The highest BCUT2D eigenvalue weighted by Crippen LogP contribution is 2.03. The minimum absolute atomic E-state index is 0.815. The third-order valence-electron chi connectivity index (χ3n) is 1.90. The molecule has 0 bridgehead atoms. The van der Waals surface area contributed by atoms with Crippen LogP contribution in [0.4, 0.5) is 0 Å². The predicted molar refractivity (Wildman–Crippen MR) is 68.0 cm³/mol. The van der Waals surface area contributed by atoms with Gasteiger partial charge in [0.25, 0.3) is 0 Å². The van der Waals surface area contributed by atoms with Gasteiger partial charge in [0.2, 0.25) is 0 Å². The molecule has 0 aliphatic heterocycles. The zero-order chi connectivity index (χ0) is 9.94. The Morgan fingerprint density at radius 1 is 1.15 bits per heavy atom. The molecule has 0 rings (SSSR count). The Morgan fingerprint density at radius 2 is 1.92 bits per heavy atom. The van der Waals surface area contributed by atoms with Crippen LogP contribution in [0, 0.1) is 5.92 Å². The molecule has 13 heavy (non-hydrogen) atoms. The van der Waals surface area contributed by atoms with Gasteiger partial charge in [-0.3, -0.25) is 0 Å². The van der Waals surface area contributed by atoms with Crippen LogP contribution in [0.1, 0.15) is 19.8 Å². The molecule has 0 aliphatic rings. The van der Waals surface area contributed by atoms with E-state index in [2.05, 4.69) is 24.8 Å². The zero-order valence-electron chi connectivity index (χ0n) is 9.14. The summed E-state index contributed by atoms with van der Waals surface area (Å²) in [6.45, 7) is 4.69. The number of nitrogens with one attached hydrogen (secondary N) is 1.